The smallest absolute Gasteiger partial charge is 0.0214 e. The third kappa shape index (κ3) is 4.57. The maximum atomic E-state index is 3.87. The molecule has 0 aliphatic heterocycles. The Morgan fingerprint density at radius 3 is 2.20 bits per heavy atom. The lowest BCUT2D eigenvalue weighted by atomic mass is 10.8. The van der Waals surface area contributed by atoms with E-state index in [4.69, 9.17) is 0 Å². The maximum Gasteiger partial charge on any atom is 0.0214 e. The molecule has 0 aromatic rings. The second kappa shape index (κ2) is 2.79. The Hall–Kier alpha value is 0.570. The van der Waals surface area contributed by atoms with Gasteiger partial charge in [-0.15, -0.1) is 0 Å². The van der Waals surface area contributed by atoms with Gasteiger partial charge in [0.15, 0.2) is 0 Å². The van der Waals surface area contributed by atoms with Gasteiger partial charge in [0.05, 0.1) is 0 Å². The monoisotopic (exact) mass is 152 g/mol. The molecule has 0 bridgehead atoms. The number of halogens is 1. The molecule has 0 aliphatic carbocycles. The van der Waals surface area contributed by atoms with Crippen molar-refractivity contribution in [3.8, 4) is 0 Å². The van der Waals surface area contributed by atoms with E-state index in [0.717, 1.165) is 10.2 Å². The van der Waals surface area contributed by atoms with E-state index < -0.39 is 0 Å². The Kier molecular flexibility index (Phi) is 3.11. The van der Waals surface area contributed by atoms with Crippen LogP contribution in [-0.4, -0.2) is 5.75 Å². The van der Waals surface area contributed by atoms with Crippen LogP contribution in [0.3, 0.4) is 0 Å². The van der Waals surface area contributed by atoms with Crippen LogP contribution in [0.4, 0.5) is 0 Å². The average Bonchev–Trinajstić information content (AvgIpc) is 1.38. The summed E-state index contributed by atoms with van der Waals surface area (Å²) in [6, 6.07) is 0. The highest BCUT2D eigenvalue weighted by molar-refractivity contribution is 9.11. The van der Waals surface area contributed by atoms with Crippen molar-refractivity contribution < 1.29 is 0 Å². The molecular weight excluding hydrogens is 148 g/mol. The van der Waals surface area contributed by atoms with E-state index in [9.17, 15) is 0 Å². The Balaban J connectivity index is 2.85. The van der Waals surface area contributed by atoms with Crippen LogP contribution in [0.15, 0.2) is 11.1 Å². The zero-order valence-electron chi connectivity index (χ0n) is 2.74. The van der Waals surface area contributed by atoms with Crippen LogP contribution in [0.25, 0.3) is 0 Å². The minimum absolute atomic E-state index is 0.722. The van der Waals surface area contributed by atoms with Gasteiger partial charge in [0.1, 0.15) is 0 Å². The van der Waals surface area contributed by atoms with Crippen molar-refractivity contribution in [3.63, 3.8) is 0 Å². The van der Waals surface area contributed by atoms with E-state index in [-0.39, 0.29) is 0 Å². The molecule has 0 heterocycles. The van der Waals surface area contributed by atoms with Gasteiger partial charge in [-0.3, -0.25) is 0 Å². The van der Waals surface area contributed by atoms with E-state index in [0.29, 0.717) is 0 Å². The molecule has 0 N–H and O–H groups in total. The molecule has 2 heteroatoms. The van der Waals surface area contributed by atoms with Gasteiger partial charge in [-0.2, -0.15) is 12.6 Å². The first-order valence-corrected chi connectivity index (χ1v) is 2.64. The molecule has 0 radical (unpaired) electrons. The minimum atomic E-state index is 0.722. The normalized spacial score (nSPS) is 7.60. The molecule has 0 amide bonds. The highest BCUT2D eigenvalue weighted by atomic mass is 79.9. The van der Waals surface area contributed by atoms with Gasteiger partial charge in [-0.1, -0.05) is 22.5 Å². The first kappa shape index (κ1) is 5.57. The first-order valence-electron chi connectivity index (χ1n) is 1.21. The number of thiol groups is 1. The minimum Gasteiger partial charge on any atom is -0.174 e. The lowest BCUT2D eigenvalue weighted by Gasteiger charge is -1.76. The van der Waals surface area contributed by atoms with Gasteiger partial charge in [-0.25, -0.2) is 0 Å². The summed E-state index contributed by atoms with van der Waals surface area (Å²) < 4.78 is 0.931. The van der Waals surface area contributed by atoms with Crippen LogP contribution in [0.1, 0.15) is 0 Å². The fourth-order valence-corrected chi connectivity index (χ4v) is 0. The number of hydrogen-bond donors (Lipinski definition) is 1. The topological polar surface area (TPSA) is 0 Å². The van der Waals surface area contributed by atoms with E-state index in [1.807, 2.05) is 0 Å². The van der Waals surface area contributed by atoms with Crippen LogP contribution >= 0.6 is 28.6 Å². The summed E-state index contributed by atoms with van der Waals surface area (Å²) >= 11 is 6.97. The van der Waals surface area contributed by atoms with E-state index in [1.54, 1.807) is 0 Å². The summed E-state index contributed by atoms with van der Waals surface area (Å²) in [6.45, 7) is 3.51. The molecule has 0 atom stereocenters. The van der Waals surface area contributed by atoms with E-state index in [1.165, 1.54) is 0 Å². The SMILES string of the molecule is C=C(Br)CS. The van der Waals surface area contributed by atoms with Gasteiger partial charge in [0, 0.05) is 5.75 Å². The molecule has 0 saturated heterocycles. The molecule has 30 valence electrons. The van der Waals surface area contributed by atoms with E-state index >= 15 is 0 Å². The van der Waals surface area contributed by atoms with Crippen molar-refractivity contribution in [2.24, 2.45) is 0 Å². The third-order valence-electron chi connectivity index (χ3n) is 0.172. The van der Waals surface area contributed by atoms with Crippen molar-refractivity contribution in [1.29, 1.82) is 0 Å². The summed E-state index contributed by atoms with van der Waals surface area (Å²) in [4.78, 5) is 0. The Labute approximate surface area is 45.8 Å². The molecular formula is C3H5BrS. The van der Waals surface area contributed by atoms with E-state index in [2.05, 4.69) is 35.1 Å². The third-order valence-corrected chi connectivity index (χ3v) is 1.27. The molecule has 0 aromatic carbocycles. The van der Waals surface area contributed by atoms with Crippen molar-refractivity contribution in [2.75, 3.05) is 5.75 Å². The Morgan fingerprint density at radius 1 is 2.00 bits per heavy atom. The molecule has 5 heavy (non-hydrogen) atoms. The van der Waals surface area contributed by atoms with Gasteiger partial charge in [-0.05, 0) is 4.48 Å². The zero-order chi connectivity index (χ0) is 4.28. The zero-order valence-corrected chi connectivity index (χ0v) is 5.22. The van der Waals surface area contributed by atoms with Gasteiger partial charge in [0.2, 0.25) is 0 Å². The van der Waals surface area contributed by atoms with Gasteiger partial charge in [0.25, 0.3) is 0 Å². The molecule has 0 aliphatic rings. The molecule has 0 unspecified atom stereocenters. The Bertz CT molecular complexity index is 42.2. The van der Waals surface area contributed by atoms with Gasteiger partial charge < -0.3 is 0 Å². The van der Waals surface area contributed by atoms with Crippen LogP contribution in [-0.2, 0) is 0 Å². The maximum absolute atomic E-state index is 3.87. The molecule has 0 fully saturated rings. The number of hydrogen-bond acceptors (Lipinski definition) is 1. The second-order valence-corrected chi connectivity index (χ2v) is 2.11. The standard InChI is InChI=1S/C3H5BrS/c1-3(4)2-5/h5H,1-2H2. The molecule has 0 aromatic heterocycles. The molecule has 0 spiro atoms. The highest BCUT2D eigenvalue weighted by Gasteiger charge is 1.71. The Morgan fingerprint density at radius 2 is 2.20 bits per heavy atom. The summed E-state index contributed by atoms with van der Waals surface area (Å²) in [6.07, 6.45) is 0. The molecule has 0 nitrogen and oxygen atoms in total. The summed E-state index contributed by atoms with van der Waals surface area (Å²) in [5.74, 6) is 0.722. The lowest BCUT2D eigenvalue weighted by molar-refractivity contribution is 1.80. The fraction of sp³-hybridized carbons (Fsp3) is 0.333. The first-order chi connectivity index (χ1) is 2.27. The molecule has 0 saturated carbocycles. The predicted octanol–water partition coefficient (Wildman–Crippen LogP) is 1.82. The van der Waals surface area contributed by atoms with Crippen molar-refractivity contribution in [1.82, 2.24) is 0 Å². The van der Waals surface area contributed by atoms with Crippen molar-refractivity contribution >= 4 is 28.6 Å². The van der Waals surface area contributed by atoms with Crippen molar-refractivity contribution in [3.05, 3.63) is 11.1 Å². The van der Waals surface area contributed by atoms with Crippen LogP contribution in [0.2, 0.25) is 0 Å². The highest BCUT2D eigenvalue weighted by Crippen LogP contribution is 1.99. The largest absolute Gasteiger partial charge is 0.174 e. The summed E-state index contributed by atoms with van der Waals surface area (Å²) in [5, 5.41) is 0. The summed E-state index contributed by atoms with van der Waals surface area (Å²) in [7, 11) is 0. The lowest BCUT2D eigenvalue weighted by Crippen LogP contribution is -1.60. The number of rotatable bonds is 1. The van der Waals surface area contributed by atoms with Gasteiger partial charge >= 0.3 is 0 Å². The summed E-state index contributed by atoms with van der Waals surface area (Å²) in [5.41, 5.74) is 0. The fourth-order valence-electron chi connectivity index (χ4n) is 0. The predicted molar refractivity (Wildman–Crippen MR) is 31.9 cm³/mol. The van der Waals surface area contributed by atoms with Crippen LogP contribution in [0, 0.1) is 0 Å². The van der Waals surface area contributed by atoms with Crippen LogP contribution in [0.5, 0.6) is 0 Å². The second-order valence-electron chi connectivity index (χ2n) is 0.675. The quantitative estimate of drug-likeness (QED) is 0.546. The van der Waals surface area contributed by atoms with Crippen molar-refractivity contribution in [2.45, 2.75) is 0 Å². The van der Waals surface area contributed by atoms with Crippen LogP contribution < -0.4 is 0 Å². The average molecular weight is 153 g/mol. The molecule has 0 rings (SSSR count).